The van der Waals surface area contributed by atoms with Gasteiger partial charge in [0.15, 0.2) is 0 Å². The third kappa shape index (κ3) is 7.97. The van der Waals surface area contributed by atoms with Crippen molar-refractivity contribution in [2.24, 2.45) is 7.05 Å². The van der Waals surface area contributed by atoms with E-state index in [9.17, 15) is 19.5 Å². The van der Waals surface area contributed by atoms with Crippen LogP contribution in [0.1, 0.15) is 61.2 Å². The SMILES string of the molecule is Cc1c(C(=O)N(CCN2CCOCC2)c2ccc(O)cc2)cc(-c2cc3c(cc2C(=O)N2Cc4ccccc4C[C@H]2C)CN(C(=O)Cc2ccccc2)CC3)n1C. The number of aromatic hydroxyl groups is 1. The number of ether oxygens (including phenoxy) is 1. The van der Waals surface area contributed by atoms with Crippen molar-refractivity contribution in [2.75, 3.05) is 50.8 Å². The number of fused-ring (bicyclic) bond motifs is 2. The van der Waals surface area contributed by atoms with Crippen LogP contribution in [0.3, 0.4) is 0 Å². The molecule has 1 fully saturated rings. The Hall–Kier alpha value is -5.71. The van der Waals surface area contributed by atoms with Gasteiger partial charge in [-0.05, 0) is 97.0 Å². The second-order valence-electron chi connectivity index (χ2n) is 15.7. The molecule has 0 radical (unpaired) electrons. The lowest BCUT2D eigenvalue weighted by Gasteiger charge is -2.36. The summed E-state index contributed by atoms with van der Waals surface area (Å²) >= 11 is 0. The Bertz CT molecular complexity index is 2280. The van der Waals surface area contributed by atoms with Gasteiger partial charge in [-0.25, -0.2) is 0 Å². The van der Waals surface area contributed by atoms with Crippen LogP contribution in [0.15, 0.2) is 97.1 Å². The lowest BCUT2D eigenvalue weighted by molar-refractivity contribution is -0.131. The van der Waals surface area contributed by atoms with E-state index >= 15 is 0 Å². The molecule has 3 aliphatic rings. The van der Waals surface area contributed by atoms with Crippen molar-refractivity contribution in [3.05, 3.63) is 142 Å². The maximum atomic E-state index is 15.0. The van der Waals surface area contributed by atoms with E-state index in [1.807, 2.05) is 76.9 Å². The van der Waals surface area contributed by atoms with Crippen molar-refractivity contribution in [1.29, 1.82) is 0 Å². The second-order valence-corrected chi connectivity index (χ2v) is 15.7. The Balaban J connectivity index is 1.16. The molecule has 0 bridgehead atoms. The second kappa shape index (κ2) is 16.4. The predicted molar refractivity (Wildman–Crippen MR) is 221 cm³/mol. The molecule has 1 atom stereocenters. The smallest absolute Gasteiger partial charge is 0.260 e. The summed E-state index contributed by atoms with van der Waals surface area (Å²) in [6, 6.07) is 31.0. The third-order valence-electron chi connectivity index (χ3n) is 12.1. The van der Waals surface area contributed by atoms with Gasteiger partial charge >= 0.3 is 0 Å². The van der Waals surface area contributed by atoms with E-state index in [1.54, 1.807) is 29.2 Å². The fourth-order valence-corrected chi connectivity index (χ4v) is 8.57. The van der Waals surface area contributed by atoms with Gasteiger partial charge in [-0.15, -0.1) is 0 Å². The zero-order chi connectivity index (χ0) is 39.6. The minimum atomic E-state index is -0.145. The van der Waals surface area contributed by atoms with Gasteiger partial charge in [0.1, 0.15) is 5.75 Å². The van der Waals surface area contributed by atoms with Gasteiger partial charge in [-0.2, -0.15) is 0 Å². The van der Waals surface area contributed by atoms with Gasteiger partial charge in [-0.3, -0.25) is 19.3 Å². The van der Waals surface area contributed by atoms with Crippen LogP contribution in [0.4, 0.5) is 5.69 Å². The van der Waals surface area contributed by atoms with Crippen LogP contribution in [0, 0.1) is 6.92 Å². The van der Waals surface area contributed by atoms with Crippen LogP contribution in [0.25, 0.3) is 11.3 Å². The molecule has 57 heavy (non-hydrogen) atoms. The summed E-state index contributed by atoms with van der Waals surface area (Å²) in [6.07, 6.45) is 1.76. The number of phenols is 1. The number of aromatic nitrogens is 1. The molecule has 1 aromatic heterocycles. The monoisotopic (exact) mass is 765 g/mol. The molecule has 10 heteroatoms. The highest BCUT2D eigenvalue weighted by Crippen LogP contribution is 2.36. The lowest BCUT2D eigenvalue weighted by atomic mass is 9.89. The number of nitrogens with zero attached hydrogens (tertiary/aromatic N) is 5. The number of carbonyl (C=O) groups is 3. The predicted octanol–water partition coefficient (Wildman–Crippen LogP) is 6.40. The maximum absolute atomic E-state index is 15.0. The summed E-state index contributed by atoms with van der Waals surface area (Å²) in [7, 11) is 1.96. The molecule has 0 unspecified atom stereocenters. The zero-order valence-corrected chi connectivity index (χ0v) is 33.1. The van der Waals surface area contributed by atoms with E-state index in [0.29, 0.717) is 75.6 Å². The van der Waals surface area contributed by atoms with Crippen LogP contribution in [-0.2, 0) is 48.9 Å². The first-order valence-electron chi connectivity index (χ1n) is 20.1. The average Bonchev–Trinajstić information content (AvgIpc) is 3.53. The molecule has 0 saturated carbocycles. The molecule has 5 aromatic rings. The van der Waals surface area contributed by atoms with Crippen LogP contribution in [-0.4, -0.2) is 94.1 Å². The van der Waals surface area contributed by atoms with Crippen molar-refractivity contribution in [3.63, 3.8) is 0 Å². The molecular formula is C47H51N5O5. The van der Waals surface area contributed by atoms with E-state index < -0.39 is 0 Å². The fourth-order valence-electron chi connectivity index (χ4n) is 8.57. The molecule has 294 valence electrons. The molecule has 0 aliphatic carbocycles. The number of anilines is 1. The Kier molecular flexibility index (Phi) is 11.0. The van der Waals surface area contributed by atoms with Crippen LogP contribution in [0.2, 0.25) is 0 Å². The van der Waals surface area contributed by atoms with Gasteiger partial charge in [0.05, 0.1) is 25.2 Å². The molecule has 4 aromatic carbocycles. The Morgan fingerprint density at radius 1 is 0.807 bits per heavy atom. The molecule has 1 N–H and O–H groups in total. The highest BCUT2D eigenvalue weighted by atomic mass is 16.5. The normalized spacial score (nSPS) is 16.9. The summed E-state index contributed by atoms with van der Waals surface area (Å²) in [6.45, 7) is 9.68. The molecule has 3 amide bonds. The molecule has 3 aliphatic heterocycles. The number of carbonyl (C=O) groups excluding carboxylic acids is 3. The third-order valence-corrected chi connectivity index (χ3v) is 12.1. The maximum Gasteiger partial charge on any atom is 0.260 e. The summed E-state index contributed by atoms with van der Waals surface area (Å²) < 4.78 is 7.58. The lowest BCUT2D eigenvalue weighted by Crippen LogP contribution is -2.43. The highest BCUT2D eigenvalue weighted by molar-refractivity contribution is 6.08. The van der Waals surface area contributed by atoms with E-state index in [1.165, 1.54) is 5.56 Å². The number of rotatable bonds is 9. The van der Waals surface area contributed by atoms with Crippen molar-refractivity contribution in [3.8, 4) is 17.0 Å². The topological polar surface area (TPSA) is 98.6 Å². The summed E-state index contributed by atoms with van der Waals surface area (Å²) in [4.78, 5) is 51.2. The summed E-state index contributed by atoms with van der Waals surface area (Å²) in [5, 5.41) is 10.1. The quantitative estimate of drug-likeness (QED) is 0.187. The average molecular weight is 766 g/mol. The zero-order valence-electron chi connectivity index (χ0n) is 33.1. The van der Waals surface area contributed by atoms with Gasteiger partial charge in [0.2, 0.25) is 5.91 Å². The number of hydrogen-bond donors (Lipinski definition) is 1. The van der Waals surface area contributed by atoms with Crippen molar-refractivity contribution >= 4 is 23.4 Å². The van der Waals surface area contributed by atoms with Crippen LogP contribution in [0.5, 0.6) is 5.75 Å². The largest absolute Gasteiger partial charge is 0.508 e. The van der Waals surface area contributed by atoms with Crippen LogP contribution < -0.4 is 4.90 Å². The number of morpholine rings is 1. The van der Waals surface area contributed by atoms with Gasteiger partial charge in [-0.1, -0.05) is 54.6 Å². The van der Waals surface area contributed by atoms with Crippen molar-refractivity contribution in [2.45, 2.75) is 52.2 Å². The Labute approximate surface area is 334 Å². The molecule has 4 heterocycles. The first-order valence-corrected chi connectivity index (χ1v) is 20.1. The van der Waals surface area contributed by atoms with Crippen molar-refractivity contribution < 1.29 is 24.2 Å². The van der Waals surface area contributed by atoms with Gasteiger partial charge in [0, 0.05) is 87.1 Å². The number of amides is 3. The molecule has 8 rings (SSSR count). The number of phenolic OH excluding ortho intramolecular Hbond substituents is 1. The van der Waals surface area contributed by atoms with E-state index in [-0.39, 0.29) is 29.5 Å². The van der Waals surface area contributed by atoms with Gasteiger partial charge in [0.25, 0.3) is 11.8 Å². The molecular weight excluding hydrogens is 715 g/mol. The summed E-state index contributed by atoms with van der Waals surface area (Å²) in [5.41, 5.74) is 9.65. The molecule has 1 saturated heterocycles. The minimum Gasteiger partial charge on any atom is -0.508 e. The highest BCUT2D eigenvalue weighted by Gasteiger charge is 2.33. The van der Waals surface area contributed by atoms with Gasteiger partial charge < -0.3 is 29.1 Å². The first kappa shape index (κ1) is 38.2. The minimum absolute atomic E-state index is 0.0159. The molecule has 10 nitrogen and oxygen atoms in total. The van der Waals surface area contributed by atoms with E-state index in [4.69, 9.17) is 4.74 Å². The standard InChI is InChI=1S/C47H51N5O5/c1-32-25-35-11-7-8-12-37(35)31-52(32)47(56)43-28-38-30-50(45(54)26-34-9-5-4-6-10-34)18-17-36(38)27-42(43)44-29-41(33(2)48(44)3)46(55)51(39-13-15-40(53)16-14-39)20-19-49-21-23-57-24-22-49/h4-16,27-29,32,53H,17-26,30-31H2,1-3H3/t32-/m1/s1. The van der Waals surface area contributed by atoms with Crippen molar-refractivity contribution in [1.82, 2.24) is 19.3 Å². The number of hydrogen-bond acceptors (Lipinski definition) is 6. The van der Waals surface area contributed by atoms with E-state index in [0.717, 1.165) is 58.7 Å². The van der Waals surface area contributed by atoms with Crippen LogP contribution >= 0.6 is 0 Å². The Morgan fingerprint density at radius 3 is 2.28 bits per heavy atom. The Morgan fingerprint density at radius 2 is 1.53 bits per heavy atom. The fraction of sp³-hybridized carbons (Fsp3) is 0.340. The molecule has 0 spiro atoms. The summed E-state index contributed by atoms with van der Waals surface area (Å²) in [5.74, 6) is -0.00569. The number of benzene rings is 4. The van der Waals surface area contributed by atoms with E-state index in [2.05, 4.69) is 36.1 Å². The first-order chi connectivity index (χ1) is 27.6.